The molecule has 0 unspecified atom stereocenters. The van der Waals surface area contributed by atoms with E-state index >= 15 is 0 Å². The average molecular weight is 242 g/mol. The molecule has 3 rings (SSSR count). The van der Waals surface area contributed by atoms with Crippen LogP contribution in [0.15, 0.2) is 30.6 Å². The zero-order valence-corrected chi connectivity index (χ0v) is 10.6. The van der Waals surface area contributed by atoms with Crippen LogP contribution in [-0.4, -0.2) is 14.8 Å². The van der Waals surface area contributed by atoms with Crippen molar-refractivity contribution in [1.29, 1.82) is 0 Å². The van der Waals surface area contributed by atoms with Gasteiger partial charge in [0, 0.05) is 13.1 Å². The molecule has 0 amide bonds. The topological polar surface area (TPSA) is 42.7 Å². The third-order valence-corrected chi connectivity index (χ3v) is 3.50. The van der Waals surface area contributed by atoms with E-state index in [1.807, 2.05) is 6.33 Å². The molecule has 0 radical (unpaired) electrons. The summed E-state index contributed by atoms with van der Waals surface area (Å²) in [4.78, 5) is 0. The van der Waals surface area contributed by atoms with E-state index in [9.17, 15) is 0 Å². The lowest BCUT2D eigenvalue weighted by atomic mass is 9.95. The van der Waals surface area contributed by atoms with Gasteiger partial charge in [0.15, 0.2) is 0 Å². The SMILES string of the molecule is CCCn1cnnc1[C@H]1Cc2ccccc2CN1. The summed E-state index contributed by atoms with van der Waals surface area (Å²) < 4.78 is 2.16. The summed E-state index contributed by atoms with van der Waals surface area (Å²) in [5.74, 6) is 1.06. The smallest absolute Gasteiger partial charge is 0.150 e. The van der Waals surface area contributed by atoms with E-state index in [-0.39, 0.29) is 6.04 Å². The number of hydrogen-bond donors (Lipinski definition) is 1. The van der Waals surface area contributed by atoms with Gasteiger partial charge < -0.3 is 9.88 Å². The van der Waals surface area contributed by atoms with Gasteiger partial charge in [-0.05, 0) is 24.0 Å². The van der Waals surface area contributed by atoms with Gasteiger partial charge in [0.25, 0.3) is 0 Å². The van der Waals surface area contributed by atoms with Gasteiger partial charge in [0.1, 0.15) is 12.2 Å². The van der Waals surface area contributed by atoms with E-state index in [1.54, 1.807) is 0 Å². The Bertz CT molecular complexity index is 532. The number of nitrogens with zero attached hydrogens (tertiary/aromatic N) is 3. The van der Waals surface area contributed by atoms with Crippen LogP contribution in [0.1, 0.15) is 36.3 Å². The molecule has 1 aliphatic heterocycles. The largest absolute Gasteiger partial charge is 0.316 e. The fourth-order valence-corrected chi connectivity index (χ4v) is 2.58. The van der Waals surface area contributed by atoms with Crippen LogP contribution in [0.4, 0.5) is 0 Å². The normalized spacial score (nSPS) is 18.6. The molecule has 1 atom stereocenters. The van der Waals surface area contributed by atoms with Crippen molar-refractivity contribution in [3.8, 4) is 0 Å². The first-order chi connectivity index (χ1) is 8.88. The highest BCUT2D eigenvalue weighted by Gasteiger charge is 2.22. The quantitative estimate of drug-likeness (QED) is 0.896. The van der Waals surface area contributed by atoms with Crippen molar-refractivity contribution in [1.82, 2.24) is 20.1 Å². The number of fused-ring (bicyclic) bond motifs is 1. The van der Waals surface area contributed by atoms with Crippen molar-refractivity contribution in [3.05, 3.63) is 47.5 Å². The minimum atomic E-state index is 0.286. The minimum absolute atomic E-state index is 0.286. The second kappa shape index (κ2) is 4.90. The molecule has 1 aliphatic rings. The number of rotatable bonds is 3. The fourth-order valence-electron chi connectivity index (χ4n) is 2.58. The first-order valence-corrected chi connectivity index (χ1v) is 6.56. The molecule has 2 aromatic rings. The van der Waals surface area contributed by atoms with Gasteiger partial charge in [-0.15, -0.1) is 10.2 Å². The third kappa shape index (κ3) is 2.04. The summed E-state index contributed by atoms with van der Waals surface area (Å²) >= 11 is 0. The van der Waals surface area contributed by atoms with Gasteiger partial charge in [0.05, 0.1) is 6.04 Å². The van der Waals surface area contributed by atoms with E-state index in [2.05, 4.69) is 51.3 Å². The Morgan fingerprint density at radius 2 is 2.17 bits per heavy atom. The van der Waals surface area contributed by atoms with Gasteiger partial charge in [-0.2, -0.15) is 0 Å². The summed E-state index contributed by atoms with van der Waals surface area (Å²) in [6.45, 7) is 4.08. The Hall–Kier alpha value is -1.68. The van der Waals surface area contributed by atoms with Crippen molar-refractivity contribution in [2.45, 2.75) is 38.9 Å². The monoisotopic (exact) mass is 242 g/mol. The van der Waals surface area contributed by atoms with Crippen LogP contribution < -0.4 is 5.32 Å². The molecule has 1 N–H and O–H groups in total. The summed E-state index contributed by atoms with van der Waals surface area (Å²) in [6.07, 6.45) is 3.94. The van der Waals surface area contributed by atoms with Gasteiger partial charge in [0.2, 0.25) is 0 Å². The molecule has 0 saturated carbocycles. The Morgan fingerprint density at radius 3 is 3.00 bits per heavy atom. The Morgan fingerprint density at radius 1 is 1.33 bits per heavy atom. The summed E-state index contributed by atoms with van der Waals surface area (Å²) in [6, 6.07) is 8.89. The molecule has 1 aromatic carbocycles. The summed E-state index contributed by atoms with van der Waals surface area (Å²) in [7, 11) is 0. The van der Waals surface area contributed by atoms with E-state index < -0.39 is 0 Å². The number of hydrogen-bond acceptors (Lipinski definition) is 3. The standard InChI is InChI=1S/C14H18N4/c1-2-7-18-10-16-17-14(18)13-8-11-5-3-4-6-12(11)9-15-13/h3-6,10,13,15H,2,7-9H2,1H3/t13-/m1/s1. The average Bonchev–Trinajstić information content (AvgIpc) is 2.87. The Labute approximate surface area is 107 Å². The lowest BCUT2D eigenvalue weighted by molar-refractivity contribution is 0.451. The molecule has 1 aromatic heterocycles. The molecule has 0 fully saturated rings. The number of aryl methyl sites for hydroxylation is 1. The van der Waals surface area contributed by atoms with Crippen molar-refractivity contribution in [2.75, 3.05) is 0 Å². The van der Waals surface area contributed by atoms with Crippen LogP contribution in [0.2, 0.25) is 0 Å². The first-order valence-electron chi connectivity index (χ1n) is 6.56. The highest BCUT2D eigenvalue weighted by atomic mass is 15.3. The number of benzene rings is 1. The van der Waals surface area contributed by atoms with Gasteiger partial charge in [-0.3, -0.25) is 0 Å². The predicted octanol–water partition coefficient (Wildman–Crippen LogP) is 2.08. The molecule has 2 heterocycles. The molecule has 4 nitrogen and oxygen atoms in total. The van der Waals surface area contributed by atoms with E-state index in [1.165, 1.54) is 11.1 Å². The molecule has 4 heteroatoms. The summed E-state index contributed by atoms with van der Waals surface area (Å²) in [5, 5.41) is 11.9. The maximum Gasteiger partial charge on any atom is 0.150 e. The highest BCUT2D eigenvalue weighted by Crippen LogP contribution is 2.24. The summed E-state index contributed by atoms with van der Waals surface area (Å²) in [5.41, 5.74) is 2.82. The van der Waals surface area contributed by atoms with Gasteiger partial charge in [-0.1, -0.05) is 31.2 Å². The van der Waals surface area contributed by atoms with Crippen molar-refractivity contribution >= 4 is 0 Å². The molecule has 0 spiro atoms. The molecular formula is C14H18N4. The lowest BCUT2D eigenvalue weighted by Gasteiger charge is -2.25. The number of aromatic nitrogens is 3. The Kier molecular flexibility index (Phi) is 3.11. The van der Waals surface area contributed by atoms with Crippen molar-refractivity contribution in [3.63, 3.8) is 0 Å². The highest BCUT2D eigenvalue weighted by molar-refractivity contribution is 5.30. The fraction of sp³-hybridized carbons (Fsp3) is 0.429. The van der Waals surface area contributed by atoms with E-state index in [4.69, 9.17) is 0 Å². The maximum atomic E-state index is 4.28. The van der Waals surface area contributed by atoms with E-state index in [0.29, 0.717) is 0 Å². The molecular weight excluding hydrogens is 224 g/mol. The minimum Gasteiger partial charge on any atom is -0.316 e. The zero-order valence-electron chi connectivity index (χ0n) is 10.6. The lowest BCUT2D eigenvalue weighted by Crippen LogP contribution is -2.30. The number of nitrogens with one attached hydrogen (secondary N) is 1. The van der Waals surface area contributed by atoms with Crippen LogP contribution in [0.5, 0.6) is 0 Å². The van der Waals surface area contributed by atoms with Crippen molar-refractivity contribution < 1.29 is 0 Å². The van der Waals surface area contributed by atoms with Crippen LogP contribution in [0.25, 0.3) is 0 Å². The van der Waals surface area contributed by atoms with Crippen LogP contribution >= 0.6 is 0 Å². The van der Waals surface area contributed by atoms with Gasteiger partial charge >= 0.3 is 0 Å². The first kappa shape index (κ1) is 11.4. The second-order valence-electron chi connectivity index (χ2n) is 4.79. The van der Waals surface area contributed by atoms with Crippen LogP contribution in [-0.2, 0) is 19.5 Å². The molecule has 0 bridgehead atoms. The third-order valence-electron chi connectivity index (χ3n) is 3.50. The van der Waals surface area contributed by atoms with Crippen molar-refractivity contribution in [2.24, 2.45) is 0 Å². The van der Waals surface area contributed by atoms with E-state index in [0.717, 1.165) is 31.8 Å². The molecule has 94 valence electrons. The molecule has 0 saturated heterocycles. The predicted molar refractivity (Wildman–Crippen MR) is 70.0 cm³/mol. The van der Waals surface area contributed by atoms with Crippen LogP contribution in [0, 0.1) is 0 Å². The second-order valence-corrected chi connectivity index (χ2v) is 4.79. The van der Waals surface area contributed by atoms with Gasteiger partial charge in [-0.25, -0.2) is 0 Å². The molecule has 18 heavy (non-hydrogen) atoms. The van der Waals surface area contributed by atoms with Crippen LogP contribution in [0.3, 0.4) is 0 Å². The Balaban J connectivity index is 1.85. The maximum absolute atomic E-state index is 4.28. The zero-order chi connectivity index (χ0) is 12.4. The molecule has 0 aliphatic carbocycles.